The fourth-order valence-corrected chi connectivity index (χ4v) is 2.89. The van der Waals surface area contributed by atoms with Crippen molar-refractivity contribution in [2.45, 2.75) is 12.8 Å². The van der Waals surface area contributed by atoms with Crippen LogP contribution in [0.1, 0.15) is 17.0 Å². The van der Waals surface area contributed by atoms with Gasteiger partial charge in [-0.3, -0.25) is 0 Å². The molecule has 1 aliphatic rings. The molecule has 2 nitrogen and oxygen atoms in total. The molecule has 2 aromatic rings. The van der Waals surface area contributed by atoms with E-state index in [1.807, 2.05) is 24.3 Å². The van der Waals surface area contributed by atoms with Crippen LogP contribution in [0, 0.1) is 6.92 Å². The maximum absolute atomic E-state index is 5.91. The lowest BCUT2D eigenvalue weighted by Gasteiger charge is -2.12. The van der Waals surface area contributed by atoms with Crippen molar-refractivity contribution < 1.29 is 9.47 Å². The zero-order valence-electron chi connectivity index (χ0n) is 10.7. The normalized spacial score (nSPS) is 16.8. The topological polar surface area (TPSA) is 18.5 Å². The summed E-state index contributed by atoms with van der Waals surface area (Å²) in [6.07, 6.45) is 0. The molecule has 19 heavy (non-hydrogen) atoms. The van der Waals surface area contributed by atoms with Crippen LogP contribution < -0.4 is 9.47 Å². The number of benzene rings is 2. The molecule has 0 aliphatic carbocycles. The van der Waals surface area contributed by atoms with Gasteiger partial charge in [0.15, 0.2) is 0 Å². The number of ether oxygens (including phenoxy) is 2. The van der Waals surface area contributed by atoms with E-state index in [0.29, 0.717) is 19.1 Å². The molecule has 0 saturated heterocycles. The molecule has 1 aliphatic heterocycles. The van der Waals surface area contributed by atoms with Crippen molar-refractivity contribution in [2.24, 2.45) is 0 Å². The highest BCUT2D eigenvalue weighted by Crippen LogP contribution is 2.34. The standard InChI is InChI=1S/C16H15BrO2/c1-11-6-7-16(14(17)8-11)19-10-12-9-18-15-5-3-2-4-13(12)15/h2-8,12H,9-10H2,1H3. The van der Waals surface area contributed by atoms with Gasteiger partial charge in [0.05, 0.1) is 23.6 Å². The van der Waals surface area contributed by atoms with Crippen molar-refractivity contribution in [2.75, 3.05) is 13.2 Å². The molecule has 0 bridgehead atoms. The fraction of sp³-hybridized carbons (Fsp3) is 0.250. The smallest absolute Gasteiger partial charge is 0.133 e. The van der Waals surface area contributed by atoms with Gasteiger partial charge in [-0.15, -0.1) is 0 Å². The minimum Gasteiger partial charge on any atom is -0.493 e. The Balaban J connectivity index is 1.71. The van der Waals surface area contributed by atoms with Gasteiger partial charge < -0.3 is 9.47 Å². The molecule has 98 valence electrons. The van der Waals surface area contributed by atoms with Crippen molar-refractivity contribution in [1.82, 2.24) is 0 Å². The summed E-state index contributed by atoms with van der Waals surface area (Å²) in [5.74, 6) is 2.18. The summed E-state index contributed by atoms with van der Waals surface area (Å²) in [6.45, 7) is 3.40. The third kappa shape index (κ3) is 2.61. The van der Waals surface area contributed by atoms with Crippen molar-refractivity contribution >= 4 is 15.9 Å². The average molecular weight is 319 g/mol. The first-order chi connectivity index (χ1) is 9.24. The number of hydrogen-bond acceptors (Lipinski definition) is 2. The van der Waals surface area contributed by atoms with Crippen molar-refractivity contribution in [3.63, 3.8) is 0 Å². The molecule has 2 aromatic carbocycles. The lowest BCUT2D eigenvalue weighted by Crippen LogP contribution is -2.11. The third-order valence-corrected chi connectivity index (χ3v) is 3.95. The van der Waals surface area contributed by atoms with Crippen LogP contribution in [0.25, 0.3) is 0 Å². The molecule has 3 heteroatoms. The van der Waals surface area contributed by atoms with E-state index in [9.17, 15) is 0 Å². The minimum atomic E-state index is 0.310. The molecule has 0 spiro atoms. The Morgan fingerprint density at radius 2 is 2.11 bits per heavy atom. The van der Waals surface area contributed by atoms with E-state index in [2.05, 4.69) is 41.1 Å². The lowest BCUT2D eigenvalue weighted by molar-refractivity contribution is 0.247. The van der Waals surface area contributed by atoms with Crippen LogP contribution in [0.5, 0.6) is 11.5 Å². The number of halogens is 1. The maximum atomic E-state index is 5.91. The Bertz CT molecular complexity index is 595. The summed E-state index contributed by atoms with van der Waals surface area (Å²) in [5.41, 5.74) is 2.46. The molecule has 0 radical (unpaired) electrons. The number of aryl methyl sites for hydroxylation is 1. The number of para-hydroxylation sites is 1. The lowest BCUT2D eigenvalue weighted by atomic mass is 10.0. The van der Waals surface area contributed by atoms with Gasteiger partial charge in [-0.1, -0.05) is 24.3 Å². The first kappa shape index (κ1) is 12.5. The quantitative estimate of drug-likeness (QED) is 0.839. The zero-order chi connectivity index (χ0) is 13.2. The maximum Gasteiger partial charge on any atom is 0.133 e. The predicted octanol–water partition coefficient (Wildman–Crippen LogP) is 4.31. The molecule has 0 fully saturated rings. The van der Waals surface area contributed by atoms with E-state index in [4.69, 9.17) is 9.47 Å². The van der Waals surface area contributed by atoms with E-state index in [1.165, 1.54) is 11.1 Å². The van der Waals surface area contributed by atoms with Crippen molar-refractivity contribution in [3.05, 3.63) is 58.1 Å². The van der Waals surface area contributed by atoms with Crippen LogP contribution in [0.2, 0.25) is 0 Å². The largest absolute Gasteiger partial charge is 0.493 e. The molecule has 0 saturated carbocycles. The van der Waals surface area contributed by atoms with Gasteiger partial charge >= 0.3 is 0 Å². The number of rotatable bonds is 3. The second-order valence-corrected chi connectivity index (χ2v) is 5.64. The van der Waals surface area contributed by atoms with Crippen LogP contribution in [-0.2, 0) is 0 Å². The van der Waals surface area contributed by atoms with Crippen LogP contribution in [0.3, 0.4) is 0 Å². The fourth-order valence-electron chi connectivity index (χ4n) is 2.28. The van der Waals surface area contributed by atoms with E-state index in [1.54, 1.807) is 0 Å². The average Bonchev–Trinajstić information content (AvgIpc) is 2.81. The monoisotopic (exact) mass is 318 g/mol. The summed E-state index contributed by atoms with van der Waals surface area (Å²) in [7, 11) is 0. The third-order valence-electron chi connectivity index (χ3n) is 3.33. The summed E-state index contributed by atoms with van der Waals surface area (Å²) >= 11 is 3.53. The van der Waals surface area contributed by atoms with Gasteiger partial charge in [0.1, 0.15) is 11.5 Å². The number of hydrogen-bond donors (Lipinski definition) is 0. The Hall–Kier alpha value is -1.48. The summed E-state index contributed by atoms with van der Waals surface area (Å²) in [5, 5.41) is 0. The predicted molar refractivity (Wildman–Crippen MR) is 79.1 cm³/mol. The zero-order valence-corrected chi connectivity index (χ0v) is 12.3. The van der Waals surface area contributed by atoms with Gasteiger partial charge in [-0.25, -0.2) is 0 Å². The van der Waals surface area contributed by atoms with Crippen molar-refractivity contribution in [3.8, 4) is 11.5 Å². The van der Waals surface area contributed by atoms with Crippen LogP contribution in [0.15, 0.2) is 46.9 Å². The van der Waals surface area contributed by atoms with Gasteiger partial charge in [-0.05, 0) is 46.6 Å². The first-order valence-corrected chi connectivity index (χ1v) is 7.14. The second-order valence-electron chi connectivity index (χ2n) is 4.79. The Kier molecular flexibility index (Phi) is 3.47. The van der Waals surface area contributed by atoms with Gasteiger partial charge in [-0.2, -0.15) is 0 Å². The van der Waals surface area contributed by atoms with E-state index >= 15 is 0 Å². The summed E-state index contributed by atoms with van der Waals surface area (Å²) in [4.78, 5) is 0. The van der Waals surface area contributed by atoms with Gasteiger partial charge in [0.25, 0.3) is 0 Å². The van der Waals surface area contributed by atoms with Gasteiger partial charge in [0, 0.05) is 5.56 Å². The molecule has 1 atom stereocenters. The molecule has 1 heterocycles. The molecule has 0 N–H and O–H groups in total. The summed E-state index contributed by atoms with van der Waals surface area (Å²) in [6, 6.07) is 14.3. The summed E-state index contributed by atoms with van der Waals surface area (Å²) < 4.78 is 12.6. The van der Waals surface area contributed by atoms with E-state index in [-0.39, 0.29) is 0 Å². The SMILES string of the molecule is Cc1ccc(OCC2COc3ccccc32)c(Br)c1. The second kappa shape index (κ2) is 5.25. The molecule has 3 rings (SSSR count). The minimum absolute atomic E-state index is 0.310. The Labute approximate surface area is 121 Å². The number of fused-ring (bicyclic) bond motifs is 1. The highest BCUT2D eigenvalue weighted by molar-refractivity contribution is 9.10. The Morgan fingerprint density at radius 1 is 1.26 bits per heavy atom. The molecular formula is C16H15BrO2. The highest BCUT2D eigenvalue weighted by atomic mass is 79.9. The molecule has 0 aromatic heterocycles. The molecular weight excluding hydrogens is 304 g/mol. The van der Waals surface area contributed by atoms with Crippen LogP contribution in [-0.4, -0.2) is 13.2 Å². The molecule has 1 unspecified atom stereocenters. The highest BCUT2D eigenvalue weighted by Gasteiger charge is 2.24. The molecule has 0 amide bonds. The first-order valence-electron chi connectivity index (χ1n) is 6.35. The van der Waals surface area contributed by atoms with Crippen molar-refractivity contribution in [1.29, 1.82) is 0 Å². The van der Waals surface area contributed by atoms with E-state index in [0.717, 1.165) is 16.0 Å². The van der Waals surface area contributed by atoms with Crippen LogP contribution in [0.4, 0.5) is 0 Å². The van der Waals surface area contributed by atoms with Gasteiger partial charge in [0.2, 0.25) is 0 Å². The van der Waals surface area contributed by atoms with E-state index < -0.39 is 0 Å². The van der Waals surface area contributed by atoms with Crippen LogP contribution >= 0.6 is 15.9 Å². The Morgan fingerprint density at radius 3 is 2.95 bits per heavy atom.